The van der Waals surface area contributed by atoms with Gasteiger partial charge in [-0.15, -0.1) is 0 Å². The molecule has 0 aromatic heterocycles. The molecule has 3 nitrogen and oxygen atoms in total. The third-order valence-corrected chi connectivity index (χ3v) is 5.44. The summed E-state index contributed by atoms with van der Waals surface area (Å²) in [7, 11) is -3.89. The fourth-order valence-electron chi connectivity index (χ4n) is 1.42. The standard InChI is InChI=1S/C12H7Br2ClFNO2S/c13-7-1-4-11(16)12(5-7)17-20(18,19)8-2-3-10(15)9(14)6-8/h1-6,17H. The third-order valence-electron chi connectivity index (χ3n) is 2.37. The lowest BCUT2D eigenvalue weighted by atomic mass is 10.3. The summed E-state index contributed by atoms with van der Waals surface area (Å²) >= 11 is 12.1. The lowest BCUT2D eigenvalue weighted by molar-refractivity contribution is 0.598. The molecule has 0 amide bonds. The molecule has 2 rings (SSSR count). The highest BCUT2D eigenvalue weighted by molar-refractivity contribution is 9.10. The van der Waals surface area contributed by atoms with Gasteiger partial charge in [0.1, 0.15) is 5.82 Å². The second kappa shape index (κ2) is 6.01. The molecule has 0 fully saturated rings. The molecule has 0 heterocycles. The summed E-state index contributed by atoms with van der Waals surface area (Å²) in [5.41, 5.74) is -0.134. The average molecular weight is 444 g/mol. The van der Waals surface area contributed by atoms with Gasteiger partial charge < -0.3 is 0 Å². The Morgan fingerprint density at radius 3 is 2.45 bits per heavy atom. The zero-order chi connectivity index (χ0) is 14.9. The summed E-state index contributed by atoms with van der Waals surface area (Å²) in [4.78, 5) is -0.0202. The van der Waals surface area contributed by atoms with Crippen molar-refractivity contribution in [1.82, 2.24) is 0 Å². The van der Waals surface area contributed by atoms with Crippen LogP contribution in [0.3, 0.4) is 0 Å². The third kappa shape index (κ3) is 3.52. The number of hydrogen-bond donors (Lipinski definition) is 1. The van der Waals surface area contributed by atoms with Gasteiger partial charge in [0, 0.05) is 8.95 Å². The molecule has 20 heavy (non-hydrogen) atoms. The predicted octanol–water partition coefficient (Wildman–Crippen LogP) is 4.80. The van der Waals surface area contributed by atoms with Gasteiger partial charge in [0.25, 0.3) is 10.0 Å². The molecule has 0 aliphatic carbocycles. The Morgan fingerprint density at radius 2 is 1.80 bits per heavy atom. The maximum atomic E-state index is 13.6. The molecular formula is C12H7Br2ClFNO2S. The molecule has 0 unspecified atom stereocenters. The van der Waals surface area contributed by atoms with Crippen molar-refractivity contribution in [3.8, 4) is 0 Å². The van der Waals surface area contributed by atoms with Crippen LogP contribution in [-0.2, 0) is 10.0 Å². The normalized spacial score (nSPS) is 11.4. The first-order chi connectivity index (χ1) is 9.29. The minimum atomic E-state index is -3.89. The molecule has 0 bridgehead atoms. The first-order valence-electron chi connectivity index (χ1n) is 5.22. The van der Waals surface area contributed by atoms with E-state index in [2.05, 4.69) is 36.6 Å². The van der Waals surface area contributed by atoms with Crippen molar-refractivity contribution >= 4 is 59.2 Å². The fourth-order valence-corrected chi connectivity index (χ4v) is 3.52. The Hall–Kier alpha value is -0.630. The van der Waals surface area contributed by atoms with Gasteiger partial charge in [0.05, 0.1) is 15.6 Å². The van der Waals surface area contributed by atoms with Crippen LogP contribution in [0.5, 0.6) is 0 Å². The number of halogens is 4. The Bertz CT molecular complexity index is 768. The largest absolute Gasteiger partial charge is 0.277 e. The van der Waals surface area contributed by atoms with E-state index in [4.69, 9.17) is 11.6 Å². The quantitative estimate of drug-likeness (QED) is 0.741. The van der Waals surface area contributed by atoms with E-state index in [1.165, 1.54) is 36.4 Å². The van der Waals surface area contributed by atoms with Crippen molar-refractivity contribution in [3.05, 3.63) is 56.2 Å². The van der Waals surface area contributed by atoms with Crippen molar-refractivity contribution in [2.45, 2.75) is 4.90 Å². The zero-order valence-electron chi connectivity index (χ0n) is 9.70. The van der Waals surface area contributed by atoms with E-state index < -0.39 is 15.8 Å². The van der Waals surface area contributed by atoms with E-state index in [1.807, 2.05) is 0 Å². The van der Waals surface area contributed by atoms with Crippen LogP contribution in [0.1, 0.15) is 0 Å². The zero-order valence-corrected chi connectivity index (χ0v) is 14.4. The lowest BCUT2D eigenvalue weighted by Gasteiger charge is -2.10. The maximum Gasteiger partial charge on any atom is 0.262 e. The average Bonchev–Trinajstić information content (AvgIpc) is 2.36. The van der Waals surface area contributed by atoms with E-state index in [9.17, 15) is 12.8 Å². The number of anilines is 1. The Kier molecular flexibility index (Phi) is 4.73. The van der Waals surface area contributed by atoms with E-state index in [0.29, 0.717) is 14.0 Å². The fraction of sp³-hybridized carbons (Fsp3) is 0. The molecular weight excluding hydrogens is 436 g/mol. The highest BCUT2D eigenvalue weighted by Crippen LogP contribution is 2.27. The summed E-state index contributed by atoms with van der Waals surface area (Å²) in [6.07, 6.45) is 0. The summed E-state index contributed by atoms with van der Waals surface area (Å²) in [5, 5.41) is 0.387. The van der Waals surface area contributed by atoms with Crippen LogP contribution in [0.2, 0.25) is 5.02 Å². The van der Waals surface area contributed by atoms with Crippen LogP contribution < -0.4 is 4.72 Å². The predicted molar refractivity (Wildman–Crippen MR) is 84.1 cm³/mol. The van der Waals surface area contributed by atoms with Gasteiger partial charge >= 0.3 is 0 Å². The number of hydrogen-bond acceptors (Lipinski definition) is 2. The van der Waals surface area contributed by atoms with Crippen LogP contribution in [0.25, 0.3) is 0 Å². The highest BCUT2D eigenvalue weighted by atomic mass is 79.9. The van der Waals surface area contributed by atoms with Crippen molar-refractivity contribution in [1.29, 1.82) is 0 Å². The summed E-state index contributed by atoms with van der Waals surface area (Å²) in [5.74, 6) is -0.662. The second-order valence-electron chi connectivity index (χ2n) is 3.81. The van der Waals surface area contributed by atoms with E-state index >= 15 is 0 Å². The van der Waals surface area contributed by atoms with Crippen LogP contribution in [0, 0.1) is 5.82 Å². The van der Waals surface area contributed by atoms with Gasteiger partial charge in [-0.3, -0.25) is 4.72 Å². The van der Waals surface area contributed by atoms with Crippen molar-refractivity contribution < 1.29 is 12.8 Å². The molecule has 2 aromatic rings. The Morgan fingerprint density at radius 1 is 1.10 bits per heavy atom. The lowest BCUT2D eigenvalue weighted by Crippen LogP contribution is -2.14. The monoisotopic (exact) mass is 441 g/mol. The molecule has 0 spiro atoms. The molecule has 1 N–H and O–H groups in total. The molecule has 0 saturated carbocycles. The van der Waals surface area contributed by atoms with E-state index in [0.717, 1.165) is 0 Å². The second-order valence-corrected chi connectivity index (χ2v) is 7.67. The number of rotatable bonds is 3. The molecule has 106 valence electrons. The molecule has 2 aromatic carbocycles. The topological polar surface area (TPSA) is 46.2 Å². The number of benzene rings is 2. The van der Waals surface area contributed by atoms with Crippen molar-refractivity contribution in [3.63, 3.8) is 0 Å². The first-order valence-corrected chi connectivity index (χ1v) is 8.67. The van der Waals surface area contributed by atoms with Gasteiger partial charge in [-0.05, 0) is 52.3 Å². The summed E-state index contributed by atoms with van der Waals surface area (Å²) < 4.78 is 41.1. The van der Waals surface area contributed by atoms with Crippen LogP contribution in [-0.4, -0.2) is 8.42 Å². The number of nitrogens with one attached hydrogen (secondary N) is 1. The molecule has 8 heteroatoms. The Balaban J connectivity index is 2.40. The molecule has 0 aliphatic rings. The van der Waals surface area contributed by atoms with Gasteiger partial charge in [-0.2, -0.15) is 0 Å². The van der Waals surface area contributed by atoms with Gasteiger partial charge in [-0.25, -0.2) is 12.8 Å². The molecule has 0 atom stereocenters. The van der Waals surface area contributed by atoms with Gasteiger partial charge in [0.15, 0.2) is 0 Å². The minimum Gasteiger partial charge on any atom is -0.277 e. The highest BCUT2D eigenvalue weighted by Gasteiger charge is 2.17. The smallest absolute Gasteiger partial charge is 0.262 e. The number of sulfonamides is 1. The van der Waals surface area contributed by atoms with Crippen LogP contribution in [0.15, 0.2) is 50.2 Å². The summed E-state index contributed by atoms with van der Waals surface area (Å²) in [6.45, 7) is 0. The van der Waals surface area contributed by atoms with Crippen molar-refractivity contribution in [2.24, 2.45) is 0 Å². The van der Waals surface area contributed by atoms with E-state index in [1.54, 1.807) is 0 Å². The molecule has 0 radical (unpaired) electrons. The van der Waals surface area contributed by atoms with Crippen LogP contribution in [0.4, 0.5) is 10.1 Å². The van der Waals surface area contributed by atoms with Gasteiger partial charge in [-0.1, -0.05) is 27.5 Å². The summed E-state index contributed by atoms with van der Waals surface area (Å²) in [6, 6.07) is 8.12. The first kappa shape index (κ1) is 15.8. The molecule has 0 aliphatic heterocycles. The SMILES string of the molecule is O=S(=O)(Nc1cc(Br)ccc1F)c1ccc(Cl)c(Br)c1. The van der Waals surface area contributed by atoms with E-state index in [-0.39, 0.29) is 10.6 Å². The van der Waals surface area contributed by atoms with Crippen LogP contribution >= 0.6 is 43.5 Å². The molecule has 0 saturated heterocycles. The maximum absolute atomic E-state index is 13.6. The minimum absolute atomic E-state index is 0.0202. The Labute approximate surface area is 137 Å². The van der Waals surface area contributed by atoms with Crippen molar-refractivity contribution in [2.75, 3.05) is 4.72 Å². The van der Waals surface area contributed by atoms with Gasteiger partial charge in [0.2, 0.25) is 0 Å².